The molecule has 0 nitrogen and oxygen atoms in total. The van der Waals surface area contributed by atoms with Crippen molar-refractivity contribution in [1.82, 2.24) is 0 Å². The van der Waals surface area contributed by atoms with E-state index in [-0.39, 0.29) is 24.8 Å². The van der Waals surface area contributed by atoms with E-state index in [0.29, 0.717) is 3.63 Å². The predicted octanol–water partition coefficient (Wildman–Crippen LogP) is 0.467. The Kier molecular flexibility index (Phi) is 7.28. The fourth-order valence-corrected chi connectivity index (χ4v) is 13.2. The Balaban J connectivity index is 0.00000120. The molecule has 0 amide bonds. The second-order valence-corrected chi connectivity index (χ2v) is 14.2. The first-order chi connectivity index (χ1) is 13.3. The molecule has 144 valence electrons. The van der Waals surface area contributed by atoms with E-state index in [1.54, 1.807) is 17.6 Å². The Labute approximate surface area is 193 Å². The normalized spacial score (nSPS) is 14.2. The minimum atomic E-state index is -2.17. The summed E-state index contributed by atoms with van der Waals surface area (Å²) in [7, 11) is 0. The molecule has 29 heavy (non-hydrogen) atoms. The molecule has 3 heteroatoms. The van der Waals surface area contributed by atoms with E-state index in [1.165, 1.54) is 16.7 Å². The minimum absolute atomic E-state index is 0. The topological polar surface area (TPSA) is 0 Å². The third-order valence-corrected chi connectivity index (χ3v) is 14.1. The van der Waals surface area contributed by atoms with Crippen LogP contribution >= 0.6 is 0 Å². The van der Waals surface area contributed by atoms with Gasteiger partial charge in [-0.3, -0.25) is 0 Å². The molecule has 0 aliphatic heterocycles. The summed E-state index contributed by atoms with van der Waals surface area (Å²) in [5, 5.41) is 0. The van der Waals surface area contributed by atoms with E-state index in [4.69, 9.17) is 0 Å². The quantitative estimate of drug-likeness (QED) is 0.495. The van der Waals surface area contributed by atoms with Gasteiger partial charge in [-0.05, 0) is 0 Å². The molecule has 0 aromatic heterocycles. The van der Waals surface area contributed by atoms with Crippen LogP contribution in [0.25, 0.3) is 11.1 Å². The average Bonchev–Trinajstić information content (AvgIpc) is 3.37. The van der Waals surface area contributed by atoms with E-state index < -0.39 is 21.3 Å². The van der Waals surface area contributed by atoms with Crippen molar-refractivity contribution in [3.8, 4) is 11.1 Å². The van der Waals surface area contributed by atoms with Crippen molar-refractivity contribution >= 4 is 3.21 Å². The smallest absolute Gasteiger partial charge is 1.00 e. The molecular weight excluding hydrogens is 474 g/mol. The number of halogens is 2. The third kappa shape index (κ3) is 3.94. The first kappa shape index (κ1) is 22.2. The van der Waals surface area contributed by atoms with Crippen LogP contribution in [0.2, 0.25) is 0 Å². The van der Waals surface area contributed by atoms with Gasteiger partial charge in [0.25, 0.3) is 0 Å². The Morgan fingerprint density at radius 2 is 1.31 bits per heavy atom. The Hall–Kier alpha value is -1.53. The van der Waals surface area contributed by atoms with Gasteiger partial charge in [-0.1, -0.05) is 0 Å². The second kappa shape index (κ2) is 9.52. The van der Waals surface area contributed by atoms with E-state index >= 15 is 0 Å². The van der Waals surface area contributed by atoms with Crippen LogP contribution in [0.4, 0.5) is 0 Å². The maximum absolute atomic E-state index is 2.42. The van der Waals surface area contributed by atoms with Gasteiger partial charge < -0.3 is 24.8 Å². The molecule has 3 aromatic rings. The van der Waals surface area contributed by atoms with Crippen LogP contribution in [0.15, 0.2) is 100 Å². The van der Waals surface area contributed by atoms with Crippen LogP contribution in [-0.4, -0.2) is 3.21 Å². The SMILES string of the molecule is C[C](c1ccccc1)=[Zr+2]([C]1=CC=CC1)[CH]1c2ccccc2-c2ccccc21.[Cl-].[Cl-]. The summed E-state index contributed by atoms with van der Waals surface area (Å²) in [5.74, 6) is 0. The minimum Gasteiger partial charge on any atom is -1.00 e. The van der Waals surface area contributed by atoms with Crippen molar-refractivity contribution in [2.75, 3.05) is 0 Å². The zero-order valence-electron chi connectivity index (χ0n) is 16.3. The molecule has 0 radical (unpaired) electrons. The molecule has 2 aliphatic rings. The fourth-order valence-electron chi connectivity index (χ4n) is 4.60. The van der Waals surface area contributed by atoms with Crippen LogP contribution < -0.4 is 24.8 Å². The van der Waals surface area contributed by atoms with Crippen LogP contribution in [0.5, 0.6) is 0 Å². The van der Waals surface area contributed by atoms with Crippen molar-refractivity contribution in [1.29, 1.82) is 0 Å². The standard InChI is InChI=1S/C13H9.C8H8.C5H5.2ClH.Zr/c1-3-7-12-10(5-1)9-11-6-2-4-8-13(11)12;1-2-8-6-4-3-5-7-8;1-2-4-5-3-1;;;/h1-9H;3-7H,1H3;1-3H,4H2;2*1H;/q;;;;;+2/p-2. The molecule has 2 aliphatic carbocycles. The summed E-state index contributed by atoms with van der Waals surface area (Å²) in [6.07, 6.45) is 8.16. The van der Waals surface area contributed by atoms with Gasteiger partial charge in [0.15, 0.2) is 0 Å². The van der Waals surface area contributed by atoms with Gasteiger partial charge in [0.2, 0.25) is 0 Å². The summed E-state index contributed by atoms with van der Waals surface area (Å²) in [6.45, 7) is 2.41. The van der Waals surface area contributed by atoms with E-state index in [1.807, 2.05) is 0 Å². The van der Waals surface area contributed by atoms with Crippen molar-refractivity contribution in [3.63, 3.8) is 0 Å². The summed E-state index contributed by atoms with van der Waals surface area (Å²) < 4.78 is 3.95. The Bertz CT molecular complexity index is 1060. The molecule has 3 aromatic carbocycles. The number of rotatable bonds is 3. The summed E-state index contributed by atoms with van der Waals surface area (Å²) >= 11 is -2.17. The Morgan fingerprint density at radius 1 is 0.759 bits per heavy atom. The number of hydrogen-bond donors (Lipinski definition) is 0. The van der Waals surface area contributed by atoms with Crippen LogP contribution in [-0.2, 0) is 21.3 Å². The Morgan fingerprint density at radius 3 is 1.86 bits per heavy atom. The second-order valence-electron chi connectivity index (χ2n) is 7.34. The van der Waals surface area contributed by atoms with Crippen molar-refractivity contribution < 1.29 is 46.1 Å². The number of benzene rings is 3. The number of hydrogen-bond acceptors (Lipinski definition) is 0. The van der Waals surface area contributed by atoms with Gasteiger partial charge in [0.1, 0.15) is 0 Å². The summed E-state index contributed by atoms with van der Waals surface area (Å²) in [6, 6.07) is 29.3. The van der Waals surface area contributed by atoms with Crippen LogP contribution in [0, 0.1) is 0 Å². The summed E-state index contributed by atoms with van der Waals surface area (Å²) in [5.41, 5.74) is 7.43. The zero-order valence-corrected chi connectivity index (χ0v) is 20.2. The van der Waals surface area contributed by atoms with Gasteiger partial charge in [-0.15, -0.1) is 0 Å². The first-order valence-corrected chi connectivity index (χ1v) is 13.5. The molecule has 5 rings (SSSR count). The maximum Gasteiger partial charge on any atom is -1.00 e. The average molecular weight is 497 g/mol. The van der Waals surface area contributed by atoms with Gasteiger partial charge in [-0.25, -0.2) is 0 Å². The van der Waals surface area contributed by atoms with E-state index in [0.717, 1.165) is 6.42 Å². The molecule has 0 heterocycles. The fraction of sp³-hybridized carbons (Fsp3) is 0.115. The molecule has 0 atom stereocenters. The zero-order chi connectivity index (χ0) is 18.2. The number of fused-ring (bicyclic) bond motifs is 3. The molecular formula is C26H22Cl2Zr. The van der Waals surface area contributed by atoms with E-state index in [9.17, 15) is 0 Å². The monoisotopic (exact) mass is 494 g/mol. The molecule has 0 unspecified atom stereocenters. The third-order valence-electron chi connectivity index (χ3n) is 5.85. The van der Waals surface area contributed by atoms with Gasteiger partial charge in [-0.2, -0.15) is 0 Å². The maximum atomic E-state index is 2.42. The molecule has 0 fully saturated rings. The van der Waals surface area contributed by atoms with Gasteiger partial charge >= 0.3 is 170 Å². The summed E-state index contributed by atoms with van der Waals surface area (Å²) in [4.78, 5) is 0. The molecule has 0 saturated heterocycles. The van der Waals surface area contributed by atoms with Crippen molar-refractivity contribution in [2.24, 2.45) is 0 Å². The first-order valence-electron chi connectivity index (χ1n) is 9.65. The van der Waals surface area contributed by atoms with E-state index in [2.05, 4.69) is 104 Å². The molecule has 0 spiro atoms. The van der Waals surface area contributed by atoms with Crippen LogP contribution in [0.1, 0.15) is 33.7 Å². The molecule has 0 saturated carbocycles. The predicted molar refractivity (Wildman–Crippen MR) is 112 cm³/mol. The van der Waals surface area contributed by atoms with Crippen molar-refractivity contribution in [2.45, 2.75) is 17.0 Å². The molecule has 0 N–H and O–H groups in total. The van der Waals surface area contributed by atoms with Gasteiger partial charge in [0.05, 0.1) is 0 Å². The van der Waals surface area contributed by atoms with Crippen LogP contribution in [0.3, 0.4) is 0 Å². The largest absolute Gasteiger partial charge is 1.00 e. The molecule has 0 bridgehead atoms. The van der Waals surface area contributed by atoms with Crippen molar-refractivity contribution in [3.05, 3.63) is 117 Å². The van der Waals surface area contributed by atoms with Gasteiger partial charge in [0, 0.05) is 0 Å². The number of allylic oxidation sites excluding steroid dienone is 4.